The minimum Gasteiger partial charge on any atom is -0.504 e. The number of fused-ring (bicyclic) bond motifs is 1. The molecule has 2 aromatic carbocycles. The first-order valence-corrected chi connectivity index (χ1v) is 13.0. The third-order valence-corrected chi connectivity index (χ3v) is 6.91. The van der Waals surface area contributed by atoms with E-state index in [1.165, 1.54) is 51.5 Å². The smallest absolute Gasteiger partial charge is 0.331 e. The predicted molar refractivity (Wildman–Crippen MR) is 148 cm³/mol. The van der Waals surface area contributed by atoms with Crippen LogP contribution < -0.4 is 14.9 Å². The number of carbonyl (C=O) groups excluding carboxylic acids is 2. The summed E-state index contributed by atoms with van der Waals surface area (Å²) in [4.78, 5) is 37.9. The topological polar surface area (TPSA) is 182 Å². The number of rotatable bonds is 9. The fourth-order valence-corrected chi connectivity index (χ4v) is 4.92. The highest BCUT2D eigenvalue weighted by Crippen LogP contribution is 2.43. The molecule has 4 rings (SSSR count). The first-order chi connectivity index (χ1) is 20.0. The van der Waals surface area contributed by atoms with Gasteiger partial charge in [0.15, 0.2) is 23.0 Å². The summed E-state index contributed by atoms with van der Waals surface area (Å²) in [6.45, 7) is 2.31. The molecule has 1 aromatic heterocycles. The minimum absolute atomic E-state index is 0.0198. The number of ether oxygens (including phenoxy) is 4. The number of esters is 1. The van der Waals surface area contributed by atoms with Crippen LogP contribution >= 0.6 is 0 Å². The molecule has 12 nitrogen and oxygen atoms in total. The Labute approximate surface area is 240 Å². The molecule has 4 N–H and O–H groups in total. The minimum atomic E-state index is -1.74. The molecule has 1 fully saturated rings. The van der Waals surface area contributed by atoms with Gasteiger partial charge in [-0.15, -0.1) is 0 Å². The van der Waals surface area contributed by atoms with Gasteiger partial charge in [0.1, 0.15) is 47.3 Å². The van der Waals surface area contributed by atoms with Crippen molar-refractivity contribution in [2.45, 2.75) is 50.8 Å². The number of ketones is 1. The van der Waals surface area contributed by atoms with Crippen molar-refractivity contribution in [1.82, 2.24) is 0 Å². The van der Waals surface area contributed by atoms with Gasteiger partial charge in [0.05, 0.1) is 38.2 Å². The highest BCUT2D eigenvalue weighted by Gasteiger charge is 2.49. The van der Waals surface area contributed by atoms with Crippen LogP contribution in [0.4, 0.5) is 0 Å². The second-order valence-electron chi connectivity index (χ2n) is 9.89. The molecule has 12 heteroatoms. The Kier molecular flexibility index (Phi) is 9.32. The molecule has 42 heavy (non-hydrogen) atoms. The number of aliphatic hydroxyl groups excluding tert-OH is 3. The monoisotopic (exact) mass is 584 g/mol. The zero-order chi connectivity index (χ0) is 30.7. The summed E-state index contributed by atoms with van der Waals surface area (Å²) in [5, 5.41) is 41.5. The summed E-state index contributed by atoms with van der Waals surface area (Å²) in [5.41, 5.74) is 0.600. The van der Waals surface area contributed by atoms with Gasteiger partial charge in [0.25, 0.3) is 0 Å². The van der Waals surface area contributed by atoms with E-state index in [4.69, 9.17) is 23.4 Å². The standard InChI is InChI=1S/C30H32O12/c1-14-9-21(39-4)25(28-24(14)19(34)12-17(40-28)10-15(2)32)29-30(27(37)26(36)22(13-31)41-29)42-23(35)8-6-16-5-7-18(33)20(11-16)38-3/h5-9,11-12,22,26-27,29-31,33,36-37H,10,13H2,1-4H3. The highest BCUT2D eigenvalue weighted by molar-refractivity contribution is 5.88. The van der Waals surface area contributed by atoms with Gasteiger partial charge >= 0.3 is 5.97 Å². The molecule has 0 amide bonds. The van der Waals surface area contributed by atoms with Gasteiger partial charge < -0.3 is 43.8 Å². The van der Waals surface area contributed by atoms with Gasteiger partial charge in [0.2, 0.25) is 0 Å². The van der Waals surface area contributed by atoms with E-state index in [0.717, 1.165) is 6.08 Å². The van der Waals surface area contributed by atoms with E-state index < -0.39 is 48.5 Å². The van der Waals surface area contributed by atoms with Crippen molar-refractivity contribution in [3.05, 3.63) is 69.1 Å². The van der Waals surface area contributed by atoms with Crippen LogP contribution in [-0.4, -0.2) is 77.4 Å². The summed E-state index contributed by atoms with van der Waals surface area (Å²) >= 11 is 0. The molecule has 1 aliphatic rings. The maximum absolute atomic E-state index is 13.1. The molecule has 0 aliphatic carbocycles. The molecule has 224 valence electrons. The number of phenols is 1. The number of aryl methyl sites for hydroxylation is 1. The quantitative estimate of drug-likeness (QED) is 0.211. The van der Waals surface area contributed by atoms with Crippen molar-refractivity contribution >= 4 is 28.8 Å². The van der Waals surface area contributed by atoms with Crippen molar-refractivity contribution in [1.29, 1.82) is 0 Å². The van der Waals surface area contributed by atoms with Gasteiger partial charge in [-0.1, -0.05) is 6.07 Å². The largest absolute Gasteiger partial charge is 0.504 e. The van der Waals surface area contributed by atoms with Crippen molar-refractivity contribution in [3.63, 3.8) is 0 Å². The van der Waals surface area contributed by atoms with Crippen molar-refractivity contribution in [2.75, 3.05) is 20.8 Å². The number of phenolic OH excluding ortho intramolecular Hbond substituents is 1. The summed E-state index contributed by atoms with van der Waals surface area (Å²) in [6.07, 6.45) is -5.34. The maximum Gasteiger partial charge on any atom is 0.331 e. The van der Waals surface area contributed by atoms with E-state index in [9.17, 15) is 34.8 Å². The van der Waals surface area contributed by atoms with Crippen LogP contribution in [0.1, 0.15) is 35.5 Å². The number of hydrogen-bond acceptors (Lipinski definition) is 12. The molecule has 0 radical (unpaired) electrons. The van der Waals surface area contributed by atoms with Gasteiger partial charge in [-0.25, -0.2) is 4.79 Å². The van der Waals surface area contributed by atoms with Crippen molar-refractivity contribution < 1.29 is 53.4 Å². The van der Waals surface area contributed by atoms with E-state index in [-0.39, 0.29) is 51.7 Å². The van der Waals surface area contributed by atoms with Crippen molar-refractivity contribution in [2.24, 2.45) is 0 Å². The van der Waals surface area contributed by atoms with E-state index in [1.807, 2.05) is 0 Å². The van der Waals surface area contributed by atoms with Crippen LogP contribution in [0.25, 0.3) is 17.0 Å². The number of aromatic hydroxyl groups is 1. The molecule has 5 atom stereocenters. The Morgan fingerprint density at radius 2 is 1.76 bits per heavy atom. The molecular weight excluding hydrogens is 552 g/mol. The lowest BCUT2D eigenvalue weighted by Crippen LogP contribution is -2.56. The average molecular weight is 585 g/mol. The molecular formula is C30H32O12. The van der Waals surface area contributed by atoms with Crippen molar-refractivity contribution in [3.8, 4) is 17.2 Å². The maximum atomic E-state index is 13.1. The third-order valence-electron chi connectivity index (χ3n) is 6.91. The lowest BCUT2D eigenvalue weighted by molar-refractivity contribution is -0.239. The molecule has 2 heterocycles. The van der Waals surface area contributed by atoms with Crippen LogP contribution in [-0.2, 0) is 25.5 Å². The van der Waals surface area contributed by atoms with Crippen LogP contribution in [0, 0.1) is 6.92 Å². The second kappa shape index (κ2) is 12.7. The SMILES string of the molecule is COc1cc(C=CC(=O)OC2C(c3c(OC)cc(C)c4c(=O)cc(CC(C)=O)oc34)OC(CO)C(O)C2O)ccc1O. The van der Waals surface area contributed by atoms with E-state index >= 15 is 0 Å². The molecule has 0 saturated carbocycles. The Balaban J connectivity index is 1.81. The van der Waals surface area contributed by atoms with Crippen LogP contribution in [0.3, 0.4) is 0 Å². The summed E-state index contributed by atoms with van der Waals surface area (Å²) < 4.78 is 28.2. The second-order valence-corrected chi connectivity index (χ2v) is 9.89. The number of Topliss-reactive ketones (excluding diaryl/α,β-unsaturated/α-hetero) is 1. The van der Waals surface area contributed by atoms with Gasteiger partial charge in [-0.3, -0.25) is 9.59 Å². The Morgan fingerprint density at radius 3 is 2.40 bits per heavy atom. The number of hydrogen-bond donors (Lipinski definition) is 4. The molecule has 5 unspecified atom stereocenters. The van der Waals surface area contributed by atoms with Gasteiger partial charge in [0, 0.05) is 12.1 Å². The fourth-order valence-electron chi connectivity index (χ4n) is 4.92. The molecule has 1 saturated heterocycles. The zero-order valence-corrected chi connectivity index (χ0v) is 23.4. The van der Waals surface area contributed by atoms with E-state index in [1.54, 1.807) is 13.0 Å². The third kappa shape index (κ3) is 6.16. The summed E-state index contributed by atoms with van der Waals surface area (Å²) in [6, 6.07) is 7.16. The molecule has 0 bridgehead atoms. The lowest BCUT2D eigenvalue weighted by Gasteiger charge is -2.42. The molecule has 1 aliphatic heterocycles. The summed E-state index contributed by atoms with van der Waals surface area (Å²) in [5.74, 6) is -0.859. The number of aliphatic hydroxyl groups is 3. The highest BCUT2D eigenvalue weighted by atomic mass is 16.6. The average Bonchev–Trinajstić information content (AvgIpc) is 2.94. The summed E-state index contributed by atoms with van der Waals surface area (Å²) in [7, 11) is 2.73. The van der Waals surface area contributed by atoms with Crippen LogP contribution in [0.15, 0.2) is 45.6 Å². The molecule has 0 spiro atoms. The normalized spacial score (nSPS) is 22.3. The Hall–Kier alpha value is -4.23. The number of methoxy groups -OCH3 is 2. The van der Waals surface area contributed by atoms with E-state index in [0.29, 0.717) is 11.1 Å². The zero-order valence-electron chi connectivity index (χ0n) is 23.4. The number of carbonyl (C=O) groups is 2. The fraction of sp³-hybridized carbons (Fsp3) is 0.367. The van der Waals surface area contributed by atoms with Gasteiger partial charge in [-0.2, -0.15) is 0 Å². The Bertz CT molecular complexity index is 1570. The lowest BCUT2D eigenvalue weighted by atomic mass is 9.89. The molecule has 3 aromatic rings. The van der Waals surface area contributed by atoms with Crippen LogP contribution in [0.5, 0.6) is 17.2 Å². The predicted octanol–water partition coefficient (Wildman–Crippen LogP) is 1.73. The van der Waals surface area contributed by atoms with Crippen LogP contribution in [0.2, 0.25) is 0 Å². The number of benzene rings is 2. The first kappa shape index (κ1) is 30.7. The first-order valence-electron chi connectivity index (χ1n) is 13.0. The van der Waals surface area contributed by atoms with E-state index in [2.05, 4.69) is 0 Å². The Morgan fingerprint density at radius 1 is 1.05 bits per heavy atom. The van der Waals surface area contributed by atoms with Gasteiger partial charge in [-0.05, 0) is 49.2 Å².